The SMILES string of the molecule is COCCNC(=O)C(C)NCc1ccc2c(c1)CCO2. The fourth-order valence-corrected chi connectivity index (χ4v) is 2.14. The molecule has 1 heterocycles. The smallest absolute Gasteiger partial charge is 0.236 e. The average Bonchev–Trinajstić information content (AvgIpc) is 2.92. The fraction of sp³-hybridized carbons (Fsp3) is 0.533. The molecule has 1 aromatic carbocycles. The number of fused-ring (bicyclic) bond motifs is 1. The van der Waals surface area contributed by atoms with Crippen molar-refractivity contribution < 1.29 is 14.3 Å². The summed E-state index contributed by atoms with van der Waals surface area (Å²) in [6.07, 6.45) is 0.968. The van der Waals surface area contributed by atoms with E-state index >= 15 is 0 Å². The van der Waals surface area contributed by atoms with Gasteiger partial charge < -0.3 is 20.1 Å². The zero-order valence-electron chi connectivity index (χ0n) is 12.1. The van der Waals surface area contributed by atoms with E-state index in [1.165, 1.54) is 11.1 Å². The van der Waals surface area contributed by atoms with Crippen molar-refractivity contribution in [3.05, 3.63) is 29.3 Å². The van der Waals surface area contributed by atoms with Gasteiger partial charge in [-0.05, 0) is 24.1 Å². The van der Waals surface area contributed by atoms with E-state index in [1.54, 1.807) is 7.11 Å². The normalized spacial score (nSPS) is 14.5. The maximum absolute atomic E-state index is 11.8. The van der Waals surface area contributed by atoms with Crippen LogP contribution in [0.5, 0.6) is 5.75 Å². The van der Waals surface area contributed by atoms with Crippen LogP contribution in [0.3, 0.4) is 0 Å². The third-order valence-corrected chi connectivity index (χ3v) is 3.36. The van der Waals surface area contributed by atoms with Gasteiger partial charge in [-0.2, -0.15) is 0 Å². The minimum absolute atomic E-state index is 0.00783. The molecular formula is C15H22N2O3. The highest BCUT2D eigenvalue weighted by atomic mass is 16.5. The molecule has 1 atom stereocenters. The first-order valence-electron chi connectivity index (χ1n) is 6.95. The molecule has 5 nitrogen and oxygen atoms in total. The van der Waals surface area contributed by atoms with Gasteiger partial charge in [0.15, 0.2) is 0 Å². The molecule has 1 aromatic rings. The summed E-state index contributed by atoms with van der Waals surface area (Å²) >= 11 is 0. The summed E-state index contributed by atoms with van der Waals surface area (Å²) in [5, 5.41) is 6.04. The minimum Gasteiger partial charge on any atom is -0.493 e. The molecule has 20 heavy (non-hydrogen) atoms. The van der Waals surface area contributed by atoms with E-state index < -0.39 is 0 Å². The van der Waals surface area contributed by atoms with Crippen LogP contribution < -0.4 is 15.4 Å². The van der Waals surface area contributed by atoms with E-state index in [0.717, 1.165) is 18.8 Å². The Labute approximate surface area is 119 Å². The molecular weight excluding hydrogens is 256 g/mol. The third kappa shape index (κ3) is 3.95. The Kier molecular flexibility index (Phi) is 5.38. The largest absolute Gasteiger partial charge is 0.493 e. The molecule has 0 saturated carbocycles. The van der Waals surface area contributed by atoms with Crippen molar-refractivity contribution in [2.75, 3.05) is 26.9 Å². The number of hydrogen-bond acceptors (Lipinski definition) is 4. The highest BCUT2D eigenvalue weighted by Gasteiger charge is 2.14. The summed E-state index contributed by atoms with van der Waals surface area (Å²) in [5.41, 5.74) is 2.42. The summed E-state index contributed by atoms with van der Waals surface area (Å²) < 4.78 is 10.4. The molecule has 1 amide bonds. The standard InChI is InChI=1S/C15H22N2O3/c1-11(15(18)16-6-8-19-2)17-10-12-3-4-14-13(9-12)5-7-20-14/h3-4,9,11,17H,5-8,10H2,1-2H3,(H,16,18). The number of methoxy groups -OCH3 is 1. The lowest BCUT2D eigenvalue weighted by atomic mass is 10.1. The Bertz CT molecular complexity index is 462. The van der Waals surface area contributed by atoms with Gasteiger partial charge in [0, 0.05) is 26.6 Å². The van der Waals surface area contributed by atoms with Gasteiger partial charge in [-0.15, -0.1) is 0 Å². The lowest BCUT2D eigenvalue weighted by Gasteiger charge is -2.14. The Hall–Kier alpha value is -1.59. The second-order valence-electron chi connectivity index (χ2n) is 4.93. The van der Waals surface area contributed by atoms with Gasteiger partial charge in [0.25, 0.3) is 0 Å². The van der Waals surface area contributed by atoms with E-state index in [0.29, 0.717) is 19.7 Å². The lowest BCUT2D eigenvalue weighted by molar-refractivity contribution is -0.122. The number of hydrogen-bond donors (Lipinski definition) is 2. The quantitative estimate of drug-likeness (QED) is 0.726. The zero-order valence-corrected chi connectivity index (χ0v) is 12.1. The Morgan fingerprint density at radius 1 is 1.50 bits per heavy atom. The van der Waals surface area contributed by atoms with Crippen LogP contribution >= 0.6 is 0 Å². The molecule has 5 heteroatoms. The molecule has 1 aliphatic rings. The fourth-order valence-electron chi connectivity index (χ4n) is 2.14. The van der Waals surface area contributed by atoms with Crippen molar-refractivity contribution >= 4 is 5.91 Å². The van der Waals surface area contributed by atoms with Crippen molar-refractivity contribution in [1.29, 1.82) is 0 Å². The molecule has 0 saturated heterocycles. The van der Waals surface area contributed by atoms with Crippen molar-refractivity contribution in [3.8, 4) is 5.75 Å². The first-order valence-corrected chi connectivity index (χ1v) is 6.95. The average molecular weight is 278 g/mol. The Morgan fingerprint density at radius 3 is 3.15 bits per heavy atom. The first kappa shape index (κ1) is 14.8. The number of amides is 1. The highest BCUT2D eigenvalue weighted by molar-refractivity contribution is 5.81. The number of carbonyl (C=O) groups excluding carboxylic acids is 1. The van der Waals surface area contributed by atoms with Gasteiger partial charge in [-0.25, -0.2) is 0 Å². The van der Waals surface area contributed by atoms with Gasteiger partial charge in [0.05, 0.1) is 19.3 Å². The maximum Gasteiger partial charge on any atom is 0.236 e. The van der Waals surface area contributed by atoms with E-state index in [2.05, 4.69) is 16.7 Å². The first-order chi connectivity index (χ1) is 9.70. The summed E-state index contributed by atoms with van der Waals surface area (Å²) in [6.45, 7) is 4.37. The van der Waals surface area contributed by atoms with Crippen LogP contribution in [0, 0.1) is 0 Å². The van der Waals surface area contributed by atoms with Crippen molar-refractivity contribution in [1.82, 2.24) is 10.6 Å². The van der Waals surface area contributed by atoms with Gasteiger partial charge >= 0.3 is 0 Å². The van der Waals surface area contributed by atoms with Gasteiger partial charge in [-0.3, -0.25) is 4.79 Å². The molecule has 0 aliphatic carbocycles. The molecule has 2 rings (SSSR count). The molecule has 1 aliphatic heterocycles. The number of ether oxygens (including phenoxy) is 2. The number of nitrogens with one attached hydrogen (secondary N) is 2. The molecule has 0 radical (unpaired) electrons. The topological polar surface area (TPSA) is 59.6 Å². The minimum atomic E-state index is -0.226. The van der Waals surface area contributed by atoms with Gasteiger partial charge in [0.2, 0.25) is 5.91 Å². The summed E-state index contributed by atoms with van der Waals surface area (Å²) in [5.74, 6) is 0.977. The van der Waals surface area contributed by atoms with E-state index in [-0.39, 0.29) is 11.9 Å². The number of carbonyl (C=O) groups is 1. The van der Waals surface area contributed by atoms with Crippen molar-refractivity contribution in [3.63, 3.8) is 0 Å². The van der Waals surface area contributed by atoms with Crippen LogP contribution in [0.25, 0.3) is 0 Å². The van der Waals surface area contributed by atoms with Gasteiger partial charge in [0.1, 0.15) is 5.75 Å². The van der Waals surface area contributed by atoms with Crippen LogP contribution in [0.15, 0.2) is 18.2 Å². The Balaban J connectivity index is 1.78. The number of benzene rings is 1. The molecule has 0 fully saturated rings. The molecule has 110 valence electrons. The molecule has 0 aromatic heterocycles. The van der Waals surface area contributed by atoms with Crippen LogP contribution in [-0.2, 0) is 22.5 Å². The summed E-state index contributed by atoms with van der Waals surface area (Å²) in [4.78, 5) is 11.8. The second-order valence-corrected chi connectivity index (χ2v) is 4.93. The monoisotopic (exact) mass is 278 g/mol. The highest BCUT2D eigenvalue weighted by Crippen LogP contribution is 2.25. The van der Waals surface area contributed by atoms with Crippen LogP contribution in [0.2, 0.25) is 0 Å². The zero-order chi connectivity index (χ0) is 14.4. The summed E-state index contributed by atoms with van der Waals surface area (Å²) in [7, 11) is 1.62. The Morgan fingerprint density at radius 2 is 2.35 bits per heavy atom. The third-order valence-electron chi connectivity index (χ3n) is 3.36. The molecule has 1 unspecified atom stereocenters. The molecule has 0 spiro atoms. The van der Waals surface area contributed by atoms with Crippen molar-refractivity contribution in [2.45, 2.75) is 25.9 Å². The van der Waals surface area contributed by atoms with E-state index in [1.807, 2.05) is 19.1 Å². The lowest BCUT2D eigenvalue weighted by Crippen LogP contribution is -2.42. The molecule has 2 N–H and O–H groups in total. The molecule has 0 bridgehead atoms. The predicted molar refractivity (Wildman–Crippen MR) is 76.8 cm³/mol. The van der Waals surface area contributed by atoms with Gasteiger partial charge in [-0.1, -0.05) is 12.1 Å². The van der Waals surface area contributed by atoms with Crippen LogP contribution in [-0.4, -0.2) is 38.8 Å². The van der Waals surface area contributed by atoms with E-state index in [4.69, 9.17) is 9.47 Å². The maximum atomic E-state index is 11.8. The van der Waals surface area contributed by atoms with E-state index in [9.17, 15) is 4.79 Å². The van der Waals surface area contributed by atoms with Crippen LogP contribution in [0.4, 0.5) is 0 Å². The van der Waals surface area contributed by atoms with Crippen LogP contribution in [0.1, 0.15) is 18.1 Å². The van der Waals surface area contributed by atoms with Crippen molar-refractivity contribution in [2.24, 2.45) is 0 Å². The second kappa shape index (κ2) is 7.26. The summed E-state index contributed by atoms with van der Waals surface area (Å²) in [6, 6.07) is 5.96. The number of rotatable bonds is 7. The predicted octanol–water partition coefficient (Wildman–Crippen LogP) is 0.862.